The number of piperidine rings is 1. The molecule has 20 heavy (non-hydrogen) atoms. The van der Waals surface area contributed by atoms with E-state index in [0.717, 1.165) is 17.8 Å². The van der Waals surface area contributed by atoms with Gasteiger partial charge in [0.2, 0.25) is 5.13 Å². The van der Waals surface area contributed by atoms with Crippen molar-refractivity contribution in [1.29, 1.82) is 0 Å². The normalized spacial score (nSPS) is 22.6. The summed E-state index contributed by atoms with van der Waals surface area (Å²) in [5, 5.41) is 20.9. The number of carboxylic acid groups (broad SMARTS) is 1. The zero-order valence-electron chi connectivity index (χ0n) is 11.5. The second-order valence-corrected chi connectivity index (χ2v) is 6.02. The van der Waals surface area contributed by atoms with E-state index in [-0.39, 0.29) is 0 Å². The number of carboxylic acids is 1. The van der Waals surface area contributed by atoms with Crippen molar-refractivity contribution >= 4 is 28.5 Å². The van der Waals surface area contributed by atoms with E-state index in [1.807, 2.05) is 13.8 Å². The van der Waals surface area contributed by atoms with Crippen LogP contribution in [0.25, 0.3) is 0 Å². The Balaban J connectivity index is 2.04. The fourth-order valence-corrected chi connectivity index (χ4v) is 2.90. The van der Waals surface area contributed by atoms with Crippen molar-refractivity contribution in [3.05, 3.63) is 5.01 Å². The van der Waals surface area contributed by atoms with Gasteiger partial charge in [0, 0.05) is 6.54 Å². The average molecular weight is 298 g/mol. The molecule has 1 fully saturated rings. The fourth-order valence-electron chi connectivity index (χ4n) is 2.23. The summed E-state index contributed by atoms with van der Waals surface area (Å²) in [5.41, 5.74) is 0. The number of hydrogen-bond acceptors (Lipinski definition) is 5. The van der Waals surface area contributed by atoms with Gasteiger partial charge in [-0.1, -0.05) is 25.2 Å². The number of aromatic nitrogens is 2. The van der Waals surface area contributed by atoms with Crippen LogP contribution in [-0.4, -0.2) is 44.8 Å². The van der Waals surface area contributed by atoms with Gasteiger partial charge >= 0.3 is 12.0 Å². The molecule has 0 bridgehead atoms. The summed E-state index contributed by atoms with van der Waals surface area (Å²) >= 11 is 1.31. The van der Waals surface area contributed by atoms with E-state index in [4.69, 9.17) is 0 Å². The van der Waals surface area contributed by atoms with Gasteiger partial charge in [-0.3, -0.25) is 5.32 Å². The molecule has 7 nitrogen and oxygen atoms in total. The van der Waals surface area contributed by atoms with E-state index in [0.29, 0.717) is 24.0 Å². The first-order valence-corrected chi connectivity index (χ1v) is 7.45. The number of rotatable bonds is 3. The number of nitrogens with zero attached hydrogens (tertiary/aromatic N) is 3. The predicted octanol–water partition coefficient (Wildman–Crippen LogP) is 1.82. The Kier molecular flexibility index (Phi) is 4.53. The van der Waals surface area contributed by atoms with Gasteiger partial charge < -0.3 is 10.0 Å². The second kappa shape index (κ2) is 6.17. The zero-order chi connectivity index (χ0) is 14.7. The molecule has 0 aliphatic carbocycles. The summed E-state index contributed by atoms with van der Waals surface area (Å²) in [6, 6.07) is -1.18. The van der Waals surface area contributed by atoms with Crippen molar-refractivity contribution in [2.45, 2.75) is 39.2 Å². The zero-order valence-corrected chi connectivity index (χ0v) is 12.3. The van der Waals surface area contributed by atoms with Crippen molar-refractivity contribution in [2.75, 3.05) is 11.9 Å². The minimum Gasteiger partial charge on any atom is -0.480 e. The highest BCUT2D eigenvalue weighted by Crippen LogP contribution is 2.24. The van der Waals surface area contributed by atoms with Crippen molar-refractivity contribution in [2.24, 2.45) is 5.92 Å². The van der Waals surface area contributed by atoms with E-state index in [2.05, 4.69) is 15.5 Å². The van der Waals surface area contributed by atoms with E-state index >= 15 is 0 Å². The fraction of sp³-hybridized carbons (Fsp3) is 0.667. The number of hydrogen-bond donors (Lipinski definition) is 2. The van der Waals surface area contributed by atoms with Crippen molar-refractivity contribution in [3.8, 4) is 0 Å². The van der Waals surface area contributed by atoms with Gasteiger partial charge in [-0.2, -0.15) is 0 Å². The monoisotopic (exact) mass is 298 g/mol. The van der Waals surface area contributed by atoms with Gasteiger partial charge in [0.1, 0.15) is 11.0 Å². The van der Waals surface area contributed by atoms with Crippen LogP contribution in [0, 0.1) is 5.92 Å². The lowest BCUT2D eigenvalue weighted by Gasteiger charge is -2.35. The first-order valence-electron chi connectivity index (χ1n) is 6.64. The van der Waals surface area contributed by atoms with Crippen LogP contribution in [0.15, 0.2) is 0 Å². The quantitative estimate of drug-likeness (QED) is 0.887. The maximum absolute atomic E-state index is 12.2. The third-order valence-corrected chi connectivity index (χ3v) is 4.38. The summed E-state index contributed by atoms with van der Waals surface area (Å²) in [6.45, 7) is 4.41. The maximum atomic E-state index is 12.2. The first-order chi connectivity index (χ1) is 9.51. The molecule has 8 heteroatoms. The van der Waals surface area contributed by atoms with Gasteiger partial charge in [-0.25, -0.2) is 9.59 Å². The van der Waals surface area contributed by atoms with Gasteiger partial charge in [0.15, 0.2) is 0 Å². The number of urea groups is 1. The van der Waals surface area contributed by atoms with Gasteiger partial charge in [0.05, 0.1) is 0 Å². The van der Waals surface area contributed by atoms with E-state index in [1.54, 1.807) is 0 Å². The van der Waals surface area contributed by atoms with Crippen LogP contribution in [0.1, 0.15) is 31.7 Å². The summed E-state index contributed by atoms with van der Waals surface area (Å²) in [7, 11) is 0. The highest BCUT2D eigenvalue weighted by molar-refractivity contribution is 7.15. The highest BCUT2D eigenvalue weighted by Gasteiger charge is 2.35. The number of carbonyl (C=O) groups excluding carboxylic acids is 1. The molecular weight excluding hydrogens is 280 g/mol. The molecule has 1 aromatic rings. The molecule has 2 rings (SSSR count). The molecule has 1 aromatic heterocycles. The third kappa shape index (κ3) is 3.24. The molecule has 0 radical (unpaired) electrons. The van der Waals surface area contributed by atoms with Crippen LogP contribution in [0.5, 0.6) is 0 Å². The predicted molar refractivity (Wildman–Crippen MR) is 74.8 cm³/mol. The van der Waals surface area contributed by atoms with Crippen molar-refractivity contribution in [1.82, 2.24) is 15.1 Å². The number of anilines is 1. The van der Waals surface area contributed by atoms with Crippen LogP contribution in [0.2, 0.25) is 0 Å². The van der Waals surface area contributed by atoms with Crippen molar-refractivity contribution in [3.63, 3.8) is 0 Å². The van der Waals surface area contributed by atoms with Crippen molar-refractivity contribution < 1.29 is 14.7 Å². The number of aliphatic carboxylic acids is 1. The molecule has 1 saturated heterocycles. The summed E-state index contributed by atoms with van der Waals surface area (Å²) in [4.78, 5) is 24.8. The molecule has 2 heterocycles. The Hall–Kier alpha value is -1.70. The smallest absolute Gasteiger partial charge is 0.326 e. The summed E-state index contributed by atoms with van der Waals surface area (Å²) in [6.07, 6.45) is 2.05. The molecule has 0 aromatic carbocycles. The van der Waals surface area contributed by atoms with Crippen LogP contribution in [0.3, 0.4) is 0 Å². The average Bonchev–Trinajstić information content (AvgIpc) is 2.86. The summed E-state index contributed by atoms with van der Waals surface area (Å²) < 4.78 is 0. The molecule has 0 spiro atoms. The molecule has 2 unspecified atom stereocenters. The Morgan fingerprint density at radius 3 is 2.85 bits per heavy atom. The third-order valence-electron chi connectivity index (χ3n) is 3.39. The standard InChI is InChI=1S/C12H18N4O3S/c1-3-9-14-15-11(20-9)13-12(19)16-5-4-7(2)6-8(16)10(17)18/h7-8H,3-6H2,1-2H3,(H,17,18)(H,13,15,19). The molecular formula is C12H18N4O3S. The molecule has 2 amide bonds. The largest absolute Gasteiger partial charge is 0.480 e. The van der Waals surface area contributed by atoms with Gasteiger partial charge in [-0.05, 0) is 25.2 Å². The number of amides is 2. The SMILES string of the molecule is CCc1nnc(NC(=O)N2CCC(C)CC2C(=O)O)s1. The first kappa shape index (κ1) is 14.7. The topological polar surface area (TPSA) is 95.4 Å². The molecule has 110 valence electrons. The number of nitrogens with one attached hydrogen (secondary N) is 1. The molecule has 1 aliphatic heterocycles. The highest BCUT2D eigenvalue weighted by atomic mass is 32.1. The molecule has 0 saturated carbocycles. The minimum atomic E-state index is -0.960. The Morgan fingerprint density at radius 1 is 1.50 bits per heavy atom. The number of likely N-dealkylation sites (tertiary alicyclic amines) is 1. The van der Waals surface area contributed by atoms with Crippen LogP contribution in [0.4, 0.5) is 9.93 Å². The Morgan fingerprint density at radius 2 is 2.25 bits per heavy atom. The Labute approximate surface area is 121 Å². The number of aryl methyl sites for hydroxylation is 1. The van der Waals surface area contributed by atoms with Crippen LogP contribution >= 0.6 is 11.3 Å². The van der Waals surface area contributed by atoms with Crippen LogP contribution in [-0.2, 0) is 11.2 Å². The van der Waals surface area contributed by atoms with E-state index < -0.39 is 18.0 Å². The summed E-state index contributed by atoms with van der Waals surface area (Å²) in [5.74, 6) is -0.647. The lowest BCUT2D eigenvalue weighted by molar-refractivity contribution is -0.143. The van der Waals surface area contributed by atoms with Gasteiger partial charge in [-0.15, -0.1) is 10.2 Å². The lowest BCUT2D eigenvalue weighted by Crippen LogP contribution is -2.51. The molecule has 2 atom stereocenters. The van der Waals surface area contributed by atoms with E-state index in [1.165, 1.54) is 16.2 Å². The molecule has 1 aliphatic rings. The molecule has 2 N–H and O–H groups in total. The number of carbonyl (C=O) groups is 2. The van der Waals surface area contributed by atoms with E-state index in [9.17, 15) is 14.7 Å². The second-order valence-electron chi connectivity index (χ2n) is 4.96. The Bertz CT molecular complexity index is 505. The maximum Gasteiger partial charge on any atom is 0.326 e. The van der Waals surface area contributed by atoms with Gasteiger partial charge in [0.25, 0.3) is 0 Å². The lowest BCUT2D eigenvalue weighted by atomic mass is 9.93. The minimum absolute atomic E-state index is 0.313. The van der Waals surface area contributed by atoms with Crippen LogP contribution < -0.4 is 5.32 Å².